The highest BCUT2D eigenvalue weighted by molar-refractivity contribution is 5.26. The molecule has 116 valence electrons. The molecule has 1 atom stereocenters. The normalized spacial score (nSPS) is 13.9. The molecule has 0 aliphatic carbocycles. The number of nitrogens with zero attached hydrogens (tertiary/aromatic N) is 1. The molecule has 2 nitrogen and oxygen atoms in total. The zero-order valence-corrected chi connectivity index (χ0v) is 13.8. The summed E-state index contributed by atoms with van der Waals surface area (Å²) in [5.41, 5.74) is 9.59. The van der Waals surface area contributed by atoms with Crippen molar-refractivity contribution in [2.75, 3.05) is 0 Å². The molecular weight excluding hydrogens is 268 g/mol. The summed E-state index contributed by atoms with van der Waals surface area (Å²) in [4.78, 5) is 0. The maximum absolute atomic E-state index is 6.11. The first kappa shape index (κ1) is 16.3. The third-order valence-electron chi connectivity index (χ3n) is 4.12. The third-order valence-corrected chi connectivity index (χ3v) is 4.12. The summed E-state index contributed by atoms with van der Waals surface area (Å²) in [6, 6.07) is 12.8. The molecule has 2 N–H and O–H groups in total. The van der Waals surface area contributed by atoms with Crippen LogP contribution in [0.1, 0.15) is 37.9 Å². The van der Waals surface area contributed by atoms with Gasteiger partial charge in [0.1, 0.15) is 0 Å². The SMILES string of the molecule is C=CC(c1ccccc1)n1ccc(C/C=C(\C)C(C)(C)N)c1. The number of benzene rings is 1. The molecule has 2 aromatic rings. The van der Waals surface area contributed by atoms with Gasteiger partial charge in [0, 0.05) is 17.9 Å². The molecule has 0 saturated heterocycles. The Balaban J connectivity index is 2.16. The van der Waals surface area contributed by atoms with Crippen LogP contribution in [0.2, 0.25) is 0 Å². The molecule has 0 aliphatic heterocycles. The lowest BCUT2D eigenvalue weighted by molar-refractivity contribution is 0.609. The fraction of sp³-hybridized carbons (Fsp3) is 0.300. The van der Waals surface area contributed by atoms with Crippen LogP contribution in [0.15, 0.2) is 73.1 Å². The molecule has 0 amide bonds. The first-order valence-corrected chi connectivity index (χ1v) is 7.72. The molecule has 22 heavy (non-hydrogen) atoms. The van der Waals surface area contributed by atoms with Crippen molar-refractivity contribution < 1.29 is 0 Å². The smallest absolute Gasteiger partial charge is 0.0761 e. The Bertz CT molecular complexity index is 642. The summed E-state index contributed by atoms with van der Waals surface area (Å²) in [6.45, 7) is 10.1. The van der Waals surface area contributed by atoms with Crippen LogP contribution in [0, 0.1) is 0 Å². The molecular formula is C20H26N2. The largest absolute Gasteiger partial charge is 0.343 e. The first-order valence-electron chi connectivity index (χ1n) is 7.72. The predicted octanol–water partition coefficient (Wildman–Crippen LogP) is 4.49. The number of rotatable bonds is 6. The van der Waals surface area contributed by atoms with E-state index < -0.39 is 0 Å². The topological polar surface area (TPSA) is 30.9 Å². The Kier molecular flexibility index (Phi) is 5.04. The molecule has 0 fully saturated rings. The summed E-state index contributed by atoms with van der Waals surface area (Å²) in [5, 5.41) is 0. The molecule has 0 aliphatic rings. The lowest BCUT2D eigenvalue weighted by Gasteiger charge is -2.19. The van der Waals surface area contributed by atoms with Gasteiger partial charge in [0.2, 0.25) is 0 Å². The average Bonchev–Trinajstić information content (AvgIpc) is 2.94. The lowest BCUT2D eigenvalue weighted by Crippen LogP contribution is -2.33. The van der Waals surface area contributed by atoms with Gasteiger partial charge in [0.25, 0.3) is 0 Å². The van der Waals surface area contributed by atoms with Gasteiger partial charge < -0.3 is 10.3 Å². The molecule has 1 unspecified atom stereocenters. The number of hydrogen-bond acceptors (Lipinski definition) is 1. The average molecular weight is 294 g/mol. The van der Waals surface area contributed by atoms with E-state index in [-0.39, 0.29) is 11.6 Å². The fourth-order valence-corrected chi connectivity index (χ4v) is 2.37. The zero-order chi connectivity index (χ0) is 16.2. The molecule has 0 radical (unpaired) electrons. The number of nitrogens with two attached hydrogens (primary N) is 1. The molecule has 1 aromatic heterocycles. The molecule has 1 aromatic carbocycles. The molecule has 0 spiro atoms. The maximum Gasteiger partial charge on any atom is 0.0761 e. The number of hydrogen-bond donors (Lipinski definition) is 1. The fourth-order valence-electron chi connectivity index (χ4n) is 2.37. The van der Waals surface area contributed by atoms with Gasteiger partial charge in [-0.15, -0.1) is 6.58 Å². The molecule has 2 heteroatoms. The van der Waals surface area contributed by atoms with Gasteiger partial charge >= 0.3 is 0 Å². The highest BCUT2D eigenvalue weighted by Gasteiger charge is 2.13. The van der Waals surface area contributed by atoms with E-state index in [1.807, 2.05) is 26.0 Å². The second kappa shape index (κ2) is 6.80. The first-order chi connectivity index (χ1) is 10.4. The van der Waals surface area contributed by atoms with Crippen molar-refractivity contribution in [2.24, 2.45) is 5.73 Å². The van der Waals surface area contributed by atoms with E-state index in [0.717, 1.165) is 6.42 Å². The summed E-state index contributed by atoms with van der Waals surface area (Å²) < 4.78 is 2.20. The highest BCUT2D eigenvalue weighted by atomic mass is 15.0. The van der Waals surface area contributed by atoms with E-state index in [4.69, 9.17) is 5.73 Å². The Morgan fingerprint density at radius 1 is 1.27 bits per heavy atom. The monoisotopic (exact) mass is 294 g/mol. The van der Waals surface area contributed by atoms with E-state index in [9.17, 15) is 0 Å². The summed E-state index contributed by atoms with van der Waals surface area (Å²) >= 11 is 0. The third kappa shape index (κ3) is 3.99. The molecule has 0 saturated carbocycles. The van der Waals surface area contributed by atoms with Crippen molar-refractivity contribution in [3.05, 3.63) is 84.2 Å². The summed E-state index contributed by atoms with van der Waals surface area (Å²) in [6.07, 6.45) is 9.39. The number of allylic oxidation sites excluding steroid dienone is 2. The van der Waals surface area contributed by atoms with Crippen LogP contribution in [-0.4, -0.2) is 10.1 Å². The van der Waals surface area contributed by atoms with Gasteiger partial charge in [-0.1, -0.05) is 48.1 Å². The standard InChI is InChI=1S/C20H26N2/c1-5-19(18-9-7-6-8-10-18)22-14-13-17(15-22)12-11-16(2)20(3,4)21/h5-11,13-15,19H,1,12,21H2,2-4H3/b16-11+. The van der Waals surface area contributed by atoms with Crippen molar-refractivity contribution in [1.29, 1.82) is 0 Å². The Morgan fingerprint density at radius 3 is 2.55 bits per heavy atom. The van der Waals surface area contributed by atoms with Crippen LogP contribution in [0.3, 0.4) is 0 Å². The zero-order valence-electron chi connectivity index (χ0n) is 13.8. The van der Waals surface area contributed by atoms with E-state index >= 15 is 0 Å². The van der Waals surface area contributed by atoms with Gasteiger partial charge in [-0.25, -0.2) is 0 Å². The van der Waals surface area contributed by atoms with Crippen LogP contribution in [0.25, 0.3) is 0 Å². The van der Waals surface area contributed by atoms with Crippen LogP contribution in [-0.2, 0) is 6.42 Å². The van der Waals surface area contributed by atoms with E-state index in [2.05, 4.69) is 66.9 Å². The van der Waals surface area contributed by atoms with Gasteiger partial charge in [-0.3, -0.25) is 0 Å². The predicted molar refractivity (Wildman–Crippen MR) is 94.9 cm³/mol. The second-order valence-electron chi connectivity index (χ2n) is 6.37. The summed E-state index contributed by atoms with van der Waals surface area (Å²) in [7, 11) is 0. The van der Waals surface area contributed by atoms with Crippen molar-refractivity contribution >= 4 is 0 Å². The molecule has 1 heterocycles. The van der Waals surface area contributed by atoms with Gasteiger partial charge in [-0.05, 0) is 44.4 Å². The Morgan fingerprint density at radius 2 is 1.95 bits per heavy atom. The van der Waals surface area contributed by atoms with Crippen molar-refractivity contribution in [1.82, 2.24) is 4.57 Å². The van der Waals surface area contributed by atoms with E-state index in [1.54, 1.807) is 0 Å². The van der Waals surface area contributed by atoms with Crippen molar-refractivity contribution in [3.8, 4) is 0 Å². The van der Waals surface area contributed by atoms with E-state index in [0.29, 0.717) is 0 Å². The van der Waals surface area contributed by atoms with Crippen molar-refractivity contribution in [3.63, 3.8) is 0 Å². The Labute approximate surface area is 134 Å². The van der Waals surface area contributed by atoms with Gasteiger partial charge in [0.15, 0.2) is 0 Å². The number of aromatic nitrogens is 1. The summed E-state index contributed by atoms with van der Waals surface area (Å²) in [5.74, 6) is 0. The minimum atomic E-state index is -0.254. The van der Waals surface area contributed by atoms with Crippen molar-refractivity contribution in [2.45, 2.75) is 38.8 Å². The molecule has 0 bridgehead atoms. The molecule has 2 rings (SSSR count). The van der Waals surface area contributed by atoms with Crippen LogP contribution in [0.4, 0.5) is 0 Å². The minimum Gasteiger partial charge on any atom is -0.343 e. The van der Waals surface area contributed by atoms with Crippen LogP contribution in [0.5, 0.6) is 0 Å². The minimum absolute atomic E-state index is 0.172. The van der Waals surface area contributed by atoms with Crippen LogP contribution >= 0.6 is 0 Å². The van der Waals surface area contributed by atoms with Gasteiger partial charge in [0.05, 0.1) is 6.04 Å². The Hall–Kier alpha value is -2.06. The highest BCUT2D eigenvalue weighted by Crippen LogP contribution is 2.21. The van der Waals surface area contributed by atoms with Gasteiger partial charge in [-0.2, -0.15) is 0 Å². The quantitative estimate of drug-likeness (QED) is 0.782. The maximum atomic E-state index is 6.11. The second-order valence-corrected chi connectivity index (χ2v) is 6.37. The van der Waals surface area contributed by atoms with Crippen LogP contribution < -0.4 is 5.73 Å². The van der Waals surface area contributed by atoms with E-state index in [1.165, 1.54) is 16.7 Å². The lowest BCUT2D eigenvalue weighted by atomic mass is 9.95.